The zero-order valence-electron chi connectivity index (χ0n) is 21.3. The number of likely N-dealkylation sites (tertiary alicyclic amines) is 1. The van der Waals surface area contributed by atoms with Crippen LogP contribution < -0.4 is 5.32 Å². The van der Waals surface area contributed by atoms with E-state index in [1.165, 1.54) is 6.07 Å². The number of nitrogens with zero attached hydrogens (tertiary/aromatic N) is 2. The Bertz CT molecular complexity index is 1140. The van der Waals surface area contributed by atoms with Crippen LogP contribution in [0, 0.1) is 17.2 Å². The second kappa shape index (κ2) is 10.4. The van der Waals surface area contributed by atoms with Gasteiger partial charge >= 0.3 is 11.9 Å². The average Bonchev–Trinajstić information content (AvgIpc) is 3.59. The van der Waals surface area contributed by atoms with Gasteiger partial charge in [-0.2, -0.15) is 5.26 Å². The van der Waals surface area contributed by atoms with Gasteiger partial charge in [-0.3, -0.25) is 9.69 Å². The number of ether oxygens (including phenoxy) is 1. The number of carbonyl (C=O) groups is 2. The maximum absolute atomic E-state index is 13.2. The van der Waals surface area contributed by atoms with Crippen molar-refractivity contribution in [2.24, 2.45) is 5.92 Å². The van der Waals surface area contributed by atoms with E-state index in [0.717, 1.165) is 50.0 Å². The normalized spacial score (nSPS) is 22.6. The molecule has 4 rings (SSSR count). The number of carboxylic acids is 1. The molecule has 0 amide bonds. The topological polar surface area (TPSA) is 103 Å². The molecule has 2 aliphatic rings. The number of hydrogen-bond donors (Lipinski definition) is 2. The minimum atomic E-state index is -1.03. The number of benzene rings is 2. The lowest BCUT2D eigenvalue weighted by atomic mass is 9.95. The van der Waals surface area contributed by atoms with E-state index in [-0.39, 0.29) is 17.5 Å². The predicted molar refractivity (Wildman–Crippen MR) is 136 cm³/mol. The lowest BCUT2D eigenvalue weighted by Crippen LogP contribution is -2.48. The molecule has 2 N–H and O–H groups in total. The van der Waals surface area contributed by atoms with Crippen molar-refractivity contribution in [3.05, 3.63) is 70.8 Å². The van der Waals surface area contributed by atoms with E-state index in [1.54, 1.807) is 12.1 Å². The molecule has 0 radical (unpaired) electrons. The Kier molecular flexibility index (Phi) is 7.49. The summed E-state index contributed by atoms with van der Waals surface area (Å²) < 4.78 is 5.81. The van der Waals surface area contributed by atoms with E-state index < -0.39 is 17.1 Å². The van der Waals surface area contributed by atoms with E-state index in [0.29, 0.717) is 18.0 Å². The zero-order chi connectivity index (χ0) is 25.9. The number of aromatic carboxylic acids is 1. The molecule has 1 aliphatic carbocycles. The zero-order valence-corrected chi connectivity index (χ0v) is 21.3. The quantitative estimate of drug-likeness (QED) is 0.532. The van der Waals surface area contributed by atoms with Crippen molar-refractivity contribution < 1.29 is 19.4 Å². The van der Waals surface area contributed by atoms with Crippen molar-refractivity contribution in [3.63, 3.8) is 0 Å². The number of piperidine rings is 1. The molecule has 7 heteroatoms. The number of nitriles is 1. The third-order valence-electron chi connectivity index (χ3n) is 7.21. The maximum atomic E-state index is 13.2. The van der Waals surface area contributed by atoms with Crippen LogP contribution >= 0.6 is 0 Å². The van der Waals surface area contributed by atoms with Gasteiger partial charge in [0.1, 0.15) is 11.1 Å². The number of carboxylic acid groups (broad SMARTS) is 1. The maximum Gasteiger partial charge on any atom is 0.335 e. The monoisotopic (exact) mass is 489 g/mol. The van der Waals surface area contributed by atoms with Crippen molar-refractivity contribution in [2.75, 3.05) is 19.6 Å². The van der Waals surface area contributed by atoms with Gasteiger partial charge in [0.2, 0.25) is 0 Å². The fourth-order valence-electron chi connectivity index (χ4n) is 5.08. The summed E-state index contributed by atoms with van der Waals surface area (Å²) in [7, 11) is 0. The first-order valence-electron chi connectivity index (χ1n) is 12.6. The van der Waals surface area contributed by atoms with Gasteiger partial charge in [0.25, 0.3) is 0 Å². The summed E-state index contributed by atoms with van der Waals surface area (Å²) >= 11 is 0. The van der Waals surface area contributed by atoms with Crippen LogP contribution in [0.15, 0.2) is 48.5 Å². The number of carbonyl (C=O) groups excluding carboxylic acids is 1. The summed E-state index contributed by atoms with van der Waals surface area (Å²) in [6.07, 6.45) is 2.72. The number of esters is 1. The molecule has 2 aromatic rings. The second-order valence-electron chi connectivity index (χ2n) is 11.0. The largest absolute Gasteiger partial charge is 0.478 e. The number of nitrogens with one attached hydrogen (secondary N) is 1. The molecule has 0 bridgehead atoms. The summed E-state index contributed by atoms with van der Waals surface area (Å²) in [5.74, 6) is -0.634. The summed E-state index contributed by atoms with van der Waals surface area (Å²) in [6, 6.07) is 17.1. The van der Waals surface area contributed by atoms with Crippen molar-refractivity contribution >= 4 is 11.9 Å². The fourth-order valence-corrected chi connectivity index (χ4v) is 5.08. The van der Waals surface area contributed by atoms with Crippen molar-refractivity contribution in [1.29, 1.82) is 5.26 Å². The van der Waals surface area contributed by atoms with Gasteiger partial charge in [-0.25, -0.2) is 4.79 Å². The SMILES string of the molecule is CC(C)(C)OC(=O)[C@@]1(NCC2CCN(Cc3ccc(C(=O)O)cc3C#N)CC2)C[C@@H]1c1ccccc1. The highest BCUT2D eigenvalue weighted by Gasteiger charge is 2.62. The van der Waals surface area contributed by atoms with Gasteiger partial charge in [-0.05, 0) is 88.8 Å². The molecule has 1 saturated heterocycles. The van der Waals surface area contributed by atoms with Crippen LogP contribution in [0.5, 0.6) is 0 Å². The molecule has 2 atom stereocenters. The molecule has 0 unspecified atom stereocenters. The van der Waals surface area contributed by atoms with Gasteiger partial charge in [-0.15, -0.1) is 0 Å². The molecular weight excluding hydrogens is 454 g/mol. The van der Waals surface area contributed by atoms with E-state index >= 15 is 0 Å². The van der Waals surface area contributed by atoms with Crippen LogP contribution in [-0.4, -0.2) is 52.7 Å². The molecule has 36 heavy (non-hydrogen) atoms. The molecule has 1 aliphatic heterocycles. The van der Waals surface area contributed by atoms with Crippen LogP contribution in [-0.2, 0) is 16.1 Å². The predicted octanol–water partition coefficient (Wildman–Crippen LogP) is 4.33. The van der Waals surface area contributed by atoms with Crippen LogP contribution in [0.1, 0.15) is 73.0 Å². The van der Waals surface area contributed by atoms with Gasteiger partial charge < -0.3 is 15.2 Å². The summed E-state index contributed by atoms with van der Waals surface area (Å²) in [6.45, 7) is 8.87. The third kappa shape index (κ3) is 5.95. The van der Waals surface area contributed by atoms with Gasteiger partial charge in [0, 0.05) is 12.5 Å². The van der Waals surface area contributed by atoms with Crippen LogP contribution in [0.25, 0.3) is 0 Å². The fraction of sp³-hybridized carbons (Fsp3) is 0.483. The lowest BCUT2D eigenvalue weighted by molar-refractivity contribution is -0.159. The van der Waals surface area contributed by atoms with Crippen molar-refractivity contribution in [2.45, 2.75) is 63.6 Å². The first-order valence-corrected chi connectivity index (χ1v) is 12.6. The minimum absolute atomic E-state index is 0.117. The van der Waals surface area contributed by atoms with E-state index in [4.69, 9.17) is 4.74 Å². The highest BCUT2D eigenvalue weighted by Crippen LogP contribution is 2.52. The summed E-state index contributed by atoms with van der Waals surface area (Å²) in [4.78, 5) is 26.7. The smallest absolute Gasteiger partial charge is 0.335 e. The lowest BCUT2D eigenvalue weighted by Gasteiger charge is -2.33. The van der Waals surface area contributed by atoms with Gasteiger partial charge in [-0.1, -0.05) is 36.4 Å². The Morgan fingerprint density at radius 2 is 1.86 bits per heavy atom. The molecule has 2 aromatic carbocycles. The molecule has 190 valence electrons. The summed E-state index contributed by atoms with van der Waals surface area (Å²) in [5.41, 5.74) is 1.36. The number of hydrogen-bond acceptors (Lipinski definition) is 6. The average molecular weight is 490 g/mol. The number of rotatable bonds is 8. The molecule has 0 spiro atoms. The van der Waals surface area contributed by atoms with E-state index in [9.17, 15) is 20.0 Å². The Hall–Kier alpha value is -3.21. The summed E-state index contributed by atoms with van der Waals surface area (Å²) in [5, 5.41) is 22.3. The molecular formula is C29H35N3O4. The third-order valence-corrected chi connectivity index (χ3v) is 7.21. The molecule has 0 aromatic heterocycles. The second-order valence-corrected chi connectivity index (χ2v) is 11.0. The minimum Gasteiger partial charge on any atom is -0.478 e. The molecule has 1 heterocycles. The van der Waals surface area contributed by atoms with Gasteiger partial charge in [0.05, 0.1) is 17.2 Å². The molecule has 1 saturated carbocycles. The first-order chi connectivity index (χ1) is 17.1. The van der Waals surface area contributed by atoms with Gasteiger partial charge in [0.15, 0.2) is 0 Å². The Labute approximate surface area is 213 Å². The Balaban J connectivity index is 1.34. The standard InChI is InChI=1S/C29H35N3O4/c1-28(2,3)36-27(35)29(16-25(29)21-7-5-4-6-8-21)31-18-20-11-13-32(14-12-20)19-23-10-9-22(26(33)34)15-24(23)17-30/h4-10,15,20,25,31H,11-14,16,18-19H2,1-3H3,(H,33,34)/t25-,29-/m1/s1. The van der Waals surface area contributed by atoms with Crippen molar-refractivity contribution in [1.82, 2.24) is 10.2 Å². The van der Waals surface area contributed by atoms with Crippen LogP contribution in [0.4, 0.5) is 0 Å². The van der Waals surface area contributed by atoms with Crippen LogP contribution in [0.3, 0.4) is 0 Å². The highest BCUT2D eigenvalue weighted by atomic mass is 16.6. The Morgan fingerprint density at radius 3 is 2.47 bits per heavy atom. The van der Waals surface area contributed by atoms with E-state index in [1.807, 2.05) is 39.0 Å². The molecule has 2 fully saturated rings. The Morgan fingerprint density at radius 1 is 1.17 bits per heavy atom. The van der Waals surface area contributed by atoms with Crippen molar-refractivity contribution in [3.8, 4) is 6.07 Å². The highest BCUT2D eigenvalue weighted by molar-refractivity contribution is 5.88. The van der Waals surface area contributed by atoms with E-state index in [2.05, 4.69) is 28.4 Å². The van der Waals surface area contributed by atoms with Crippen LogP contribution in [0.2, 0.25) is 0 Å². The molecule has 7 nitrogen and oxygen atoms in total. The first kappa shape index (κ1) is 25.9.